The minimum absolute atomic E-state index is 0.0357. The first-order valence-corrected chi connectivity index (χ1v) is 14.8. The summed E-state index contributed by atoms with van der Waals surface area (Å²) in [5.74, 6) is 1.02. The summed E-state index contributed by atoms with van der Waals surface area (Å²) in [5.41, 5.74) is 3.36. The Balaban J connectivity index is 1.13. The van der Waals surface area contributed by atoms with Crippen LogP contribution in [0.2, 0.25) is 0 Å². The van der Waals surface area contributed by atoms with Crippen molar-refractivity contribution in [2.45, 2.75) is 50.5 Å². The van der Waals surface area contributed by atoms with Crippen LogP contribution in [0.4, 0.5) is 0 Å². The number of hydrogen-bond acceptors (Lipinski definition) is 4. The summed E-state index contributed by atoms with van der Waals surface area (Å²) in [7, 11) is 0. The minimum Gasteiger partial charge on any atom is -0.489 e. The summed E-state index contributed by atoms with van der Waals surface area (Å²) >= 11 is 0. The molecular weight excluding hydrogens is 482 g/mol. The number of ether oxygens (including phenoxy) is 1. The largest absolute Gasteiger partial charge is 0.489 e. The minimum atomic E-state index is -0.0357. The van der Waals surface area contributed by atoms with E-state index < -0.39 is 0 Å². The SMILES string of the molecule is O=C(NCCN1CCCCCC1)c1ccccc1OC1CCN(CC(c2ccccc2)c2ccccc2)CC1. The number of nitrogens with one attached hydrogen (secondary N) is 1. The number of hydrogen-bond donors (Lipinski definition) is 1. The average molecular weight is 526 g/mol. The first-order valence-electron chi connectivity index (χ1n) is 14.8. The molecule has 5 nitrogen and oxygen atoms in total. The Morgan fingerprint density at radius 2 is 1.33 bits per heavy atom. The van der Waals surface area contributed by atoms with Gasteiger partial charge in [-0.2, -0.15) is 0 Å². The molecule has 0 saturated carbocycles. The summed E-state index contributed by atoms with van der Waals surface area (Å²) in [6, 6.07) is 29.4. The van der Waals surface area contributed by atoms with Crippen LogP contribution in [0.5, 0.6) is 5.75 Å². The van der Waals surface area contributed by atoms with Crippen LogP contribution in [0.1, 0.15) is 65.9 Å². The maximum Gasteiger partial charge on any atom is 0.255 e. The zero-order valence-electron chi connectivity index (χ0n) is 23.1. The highest BCUT2D eigenvalue weighted by Gasteiger charge is 2.25. The second kappa shape index (κ2) is 14.3. The Kier molecular flexibility index (Phi) is 10.1. The number of piperidine rings is 1. The molecule has 1 amide bonds. The van der Waals surface area contributed by atoms with Gasteiger partial charge in [0.2, 0.25) is 0 Å². The standard InChI is InChI=1S/C34H43N3O2/c38-34(35-21-26-36-22-11-1-2-12-23-36)31-17-9-10-18-33(31)39-30-19-24-37(25-20-30)27-32(28-13-5-3-6-14-28)29-15-7-4-8-16-29/h3-10,13-18,30,32H,1-2,11-12,19-27H2,(H,35,38). The average Bonchev–Trinajstić information content (AvgIpc) is 3.27. The predicted octanol–water partition coefficient (Wildman–Crippen LogP) is 5.97. The molecule has 2 aliphatic heterocycles. The second-order valence-electron chi connectivity index (χ2n) is 11.0. The molecule has 206 valence electrons. The van der Waals surface area contributed by atoms with E-state index in [2.05, 4.69) is 75.8 Å². The van der Waals surface area contributed by atoms with Crippen LogP contribution in [-0.4, -0.2) is 67.6 Å². The fourth-order valence-electron chi connectivity index (χ4n) is 5.96. The summed E-state index contributed by atoms with van der Waals surface area (Å²) in [6.45, 7) is 6.86. The number of carbonyl (C=O) groups is 1. The van der Waals surface area contributed by atoms with E-state index in [4.69, 9.17) is 4.74 Å². The lowest BCUT2D eigenvalue weighted by atomic mass is 9.90. The van der Waals surface area contributed by atoms with Crippen LogP contribution < -0.4 is 10.1 Å². The molecule has 1 N–H and O–H groups in total. The zero-order chi connectivity index (χ0) is 26.7. The molecule has 0 bridgehead atoms. The number of benzene rings is 3. The van der Waals surface area contributed by atoms with Gasteiger partial charge in [-0.25, -0.2) is 0 Å². The summed E-state index contributed by atoms with van der Waals surface area (Å²) in [5, 5.41) is 3.14. The van der Waals surface area contributed by atoms with Crippen LogP contribution in [-0.2, 0) is 0 Å². The summed E-state index contributed by atoms with van der Waals surface area (Å²) < 4.78 is 6.45. The van der Waals surface area contributed by atoms with E-state index in [0.29, 0.717) is 23.8 Å². The van der Waals surface area contributed by atoms with Crippen molar-refractivity contribution in [3.8, 4) is 5.75 Å². The molecule has 2 saturated heterocycles. The van der Waals surface area contributed by atoms with E-state index in [1.54, 1.807) is 0 Å². The van der Waals surface area contributed by atoms with E-state index >= 15 is 0 Å². The van der Waals surface area contributed by atoms with E-state index in [-0.39, 0.29) is 12.0 Å². The molecule has 2 heterocycles. The number of carbonyl (C=O) groups excluding carboxylic acids is 1. The fourth-order valence-corrected chi connectivity index (χ4v) is 5.96. The fraction of sp³-hybridized carbons (Fsp3) is 0.441. The summed E-state index contributed by atoms with van der Waals surface area (Å²) in [4.78, 5) is 18.1. The van der Waals surface area contributed by atoms with Gasteiger partial charge in [0.05, 0.1) is 5.56 Å². The molecule has 5 rings (SSSR count). The van der Waals surface area contributed by atoms with E-state index in [1.165, 1.54) is 36.8 Å². The number of rotatable bonds is 10. The lowest BCUT2D eigenvalue weighted by molar-refractivity contribution is 0.0897. The van der Waals surface area contributed by atoms with Crippen LogP contribution in [0, 0.1) is 0 Å². The van der Waals surface area contributed by atoms with Crippen molar-refractivity contribution in [2.24, 2.45) is 0 Å². The van der Waals surface area contributed by atoms with Crippen molar-refractivity contribution >= 4 is 5.91 Å². The molecular formula is C34H43N3O2. The van der Waals surface area contributed by atoms with Gasteiger partial charge in [0.15, 0.2) is 0 Å². The third-order valence-corrected chi connectivity index (χ3v) is 8.22. The lowest BCUT2D eigenvalue weighted by Gasteiger charge is -2.35. The van der Waals surface area contributed by atoms with Crippen molar-refractivity contribution in [2.75, 3.05) is 45.8 Å². The highest BCUT2D eigenvalue weighted by atomic mass is 16.5. The maximum absolute atomic E-state index is 13.0. The second-order valence-corrected chi connectivity index (χ2v) is 11.0. The third kappa shape index (κ3) is 7.93. The molecule has 0 aromatic heterocycles. The van der Waals surface area contributed by atoms with Gasteiger partial charge in [0.25, 0.3) is 5.91 Å². The monoisotopic (exact) mass is 525 g/mol. The van der Waals surface area contributed by atoms with Gasteiger partial charge in [-0.1, -0.05) is 85.6 Å². The number of para-hydroxylation sites is 1. The highest BCUT2D eigenvalue weighted by molar-refractivity contribution is 5.96. The van der Waals surface area contributed by atoms with Gasteiger partial charge in [0, 0.05) is 38.6 Å². The van der Waals surface area contributed by atoms with Crippen molar-refractivity contribution < 1.29 is 9.53 Å². The Morgan fingerprint density at radius 1 is 0.744 bits per heavy atom. The lowest BCUT2D eigenvalue weighted by Crippen LogP contribution is -2.40. The third-order valence-electron chi connectivity index (χ3n) is 8.22. The van der Waals surface area contributed by atoms with Crippen LogP contribution >= 0.6 is 0 Å². The van der Waals surface area contributed by atoms with Crippen molar-refractivity contribution in [1.29, 1.82) is 0 Å². The van der Waals surface area contributed by atoms with E-state index in [1.807, 2.05) is 24.3 Å². The van der Waals surface area contributed by atoms with E-state index in [9.17, 15) is 4.79 Å². The van der Waals surface area contributed by atoms with Crippen molar-refractivity contribution in [3.63, 3.8) is 0 Å². The normalized spacial score (nSPS) is 17.6. The maximum atomic E-state index is 13.0. The molecule has 3 aromatic rings. The first kappa shape index (κ1) is 27.4. The molecule has 3 aromatic carbocycles. The van der Waals surface area contributed by atoms with Gasteiger partial charge in [-0.05, 0) is 62.0 Å². The van der Waals surface area contributed by atoms with Gasteiger partial charge in [0.1, 0.15) is 11.9 Å². The summed E-state index contributed by atoms with van der Waals surface area (Å²) in [6.07, 6.45) is 7.23. The highest BCUT2D eigenvalue weighted by Crippen LogP contribution is 2.28. The molecule has 2 aliphatic rings. The number of nitrogens with zero attached hydrogens (tertiary/aromatic N) is 2. The van der Waals surface area contributed by atoms with Gasteiger partial charge >= 0.3 is 0 Å². The Hall–Kier alpha value is -3.15. The van der Waals surface area contributed by atoms with Crippen LogP contribution in [0.3, 0.4) is 0 Å². The van der Waals surface area contributed by atoms with Gasteiger partial charge in [-0.15, -0.1) is 0 Å². The van der Waals surface area contributed by atoms with Crippen molar-refractivity contribution in [1.82, 2.24) is 15.1 Å². The first-order chi connectivity index (χ1) is 19.3. The molecule has 2 fully saturated rings. The molecule has 5 heteroatoms. The molecule has 0 spiro atoms. The molecule has 39 heavy (non-hydrogen) atoms. The van der Waals surface area contributed by atoms with Crippen LogP contribution in [0.15, 0.2) is 84.9 Å². The topological polar surface area (TPSA) is 44.8 Å². The van der Waals surface area contributed by atoms with Gasteiger partial charge in [-0.3, -0.25) is 4.79 Å². The quantitative estimate of drug-likeness (QED) is 0.354. The Bertz CT molecular complexity index is 1100. The number of likely N-dealkylation sites (tertiary alicyclic amines) is 2. The Labute approximate surface area is 234 Å². The number of amides is 1. The van der Waals surface area contributed by atoms with Crippen LogP contribution in [0.25, 0.3) is 0 Å². The molecule has 0 aliphatic carbocycles. The Morgan fingerprint density at radius 3 is 1.97 bits per heavy atom. The molecule has 0 radical (unpaired) electrons. The van der Waals surface area contributed by atoms with Gasteiger partial charge < -0.3 is 19.9 Å². The van der Waals surface area contributed by atoms with E-state index in [0.717, 1.165) is 52.1 Å². The predicted molar refractivity (Wildman–Crippen MR) is 159 cm³/mol. The zero-order valence-corrected chi connectivity index (χ0v) is 23.1. The smallest absolute Gasteiger partial charge is 0.255 e. The molecule has 0 atom stereocenters. The molecule has 0 unspecified atom stereocenters. The van der Waals surface area contributed by atoms with Crippen molar-refractivity contribution in [3.05, 3.63) is 102 Å².